The fourth-order valence-corrected chi connectivity index (χ4v) is 3.32. The lowest BCUT2D eigenvalue weighted by atomic mass is 9.86. The molecule has 0 aromatic heterocycles. The molecule has 3 heteroatoms. The predicted molar refractivity (Wildman–Crippen MR) is 111 cm³/mol. The van der Waals surface area contributed by atoms with E-state index in [1.807, 2.05) is 49.4 Å². The SMILES string of the molecule is CCCCCCCCOc1ccc(C(C(=O)CC)c2ccccc2)c(O)c1. The van der Waals surface area contributed by atoms with Gasteiger partial charge >= 0.3 is 0 Å². The number of aromatic hydroxyl groups is 1. The van der Waals surface area contributed by atoms with Crippen LogP contribution >= 0.6 is 0 Å². The first-order valence-corrected chi connectivity index (χ1v) is 10.2. The highest BCUT2D eigenvalue weighted by molar-refractivity contribution is 5.89. The number of carbonyl (C=O) groups is 1. The highest BCUT2D eigenvalue weighted by Gasteiger charge is 2.24. The number of carbonyl (C=O) groups excluding carboxylic acids is 1. The Labute approximate surface area is 163 Å². The average molecular weight is 369 g/mol. The quantitative estimate of drug-likeness (QED) is 0.451. The molecule has 1 unspecified atom stereocenters. The van der Waals surface area contributed by atoms with Gasteiger partial charge in [0.1, 0.15) is 17.3 Å². The molecule has 0 radical (unpaired) electrons. The van der Waals surface area contributed by atoms with E-state index in [4.69, 9.17) is 4.74 Å². The third-order valence-corrected chi connectivity index (χ3v) is 4.88. The fourth-order valence-electron chi connectivity index (χ4n) is 3.32. The first-order chi connectivity index (χ1) is 13.2. The van der Waals surface area contributed by atoms with Crippen molar-refractivity contribution in [3.63, 3.8) is 0 Å². The third-order valence-electron chi connectivity index (χ3n) is 4.88. The van der Waals surface area contributed by atoms with Crippen LogP contribution in [0.4, 0.5) is 0 Å². The summed E-state index contributed by atoms with van der Waals surface area (Å²) in [5.74, 6) is 0.424. The number of ketones is 1. The molecule has 0 fully saturated rings. The topological polar surface area (TPSA) is 46.5 Å². The highest BCUT2D eigenvalue weighted by Crippen LogP contribution is 2.35. The molecular weight excluding hydrogens is 336 g/mol. The number of ether oxygens (including phenoxy) is 1. The molecule has 3 nitrogen and oxygen atoms in total. The Kier molecular flexibility index (Phi) is 8.90. The van der Waals surface area contributed by atoms with Crippen LogP contribution in [0.5, 0.6) is 11.5 Å². The lowest BCUT2D eigenvalue weighted by Gasteiger charge is -2.18. The minimum absolute atomic E-state index is 0.0947. The molecule has 0 aliphatic rings. The molecule has 0 aliphatic heterocycles. The Balaban J connectivity index is 2.00. The van der Waals surface area contributed by atoms with Crippen molar-refractivity contribution >= 4 is 5.78 Å². The van der Waals surface area contributed by atoms with Crippen LogP contribution in [-0.4, -0.2) is 17.5 Å². The second-order valence-corrected chi connectivity index (χ2v) is 7.00. The second kappa shape index (κ2) is 11.4. The summed E-state index contributed by atoms with van der Waals surface area (Å²) in [5, 5.41) is 10.5. The van der Waals surface area contributed by atoms with Crippen LogP contribution in [0.1, 0.15) is 75.8 Å². The van der Waals surface area contributed by atoms with Gasteiger partial charge in [-0.05, 0) is 18.1 Å². The molecule has 146 valence electrons. The molecule has 0 aliphatic carbocycles. The van der Waals surface area contributed by atoms with E-state index in [1.165, 1.54) is 32.1 Å². The maximum atomic E-state index is 12.5. The fraction of sp³-hybridized carbons (Fsp3) is 0.458. The molecule has 2 aromatic carbocycles. The number of rotatable bonds is 12. The number of hydrogen-bond acceptors (Lipinski definition) is 3. The Morgan fingerprint density at radius 1 is 0.963 bits per heavy atom. The molecule has 0 spiro atoms. The van der Waals surface area contributed by atoms with Crippen molar-refractivity contribution in [1.29, 1.82) is 0 Å². The van der Waals surface area contributed by atoms with Crippen LogP contribution in [0.25, 0.3) is 0 Å². The van der Waals surface area contributed by atoms with Crippen LogP contribution in [0.3, 0.4) is 0 Å². The number of phenolic OH excluding ortho intramolecular Hbond substituents is 1. The van der Waals surface area contributed by atoms with Crippen LogP contribution in [0.2, 0.25) is 0 Å². The largest absolute Gasteiger partial charge is 0.507 e. The minimum Gasteiger partial charge on any atom is -0.507 e. The van der Waals surface area contributed by atoms with E-state index in [1.54, 1.807) is 6.07 Å². The van der Waals surface area contributed by atoms with Gasteiger partial charge in [-0.1, -0.05) is 82.3 Å². The molecule has 0 bridgehead atoms. The molecule has 0 heterocycles. The smallest absolute Gasteiger partial charge is 0.144 e. The van der Waals surface area contributed by atoms with E-state index in [2.05, 4.69) is 6.92 Å². The maximum Gasteiger partial charge on any atom is 0.144 e. The Bertz CT molecular complexity index is 694. The monoisotopic (exact) mass is 368 g/mol. The zero-order chi connectivity index (χ0) is 19.5. The number of Topliss-reactive ketones (excluding diaryl/α,β-unsaturated/α-hetero) is 1. The van der Waals surface area contributed by atoms with Crippen molar-refractivity contribution in [3.05, 3.63) is 59.7 Å². The van der Waals surface area contributed by atoms with Crippen LogP contribution in [0.15, 0.2) is 48.5 Å². The third kappa shape index (κ3) is 6.42. The van der Waals surface area contributed by atoms with Gasteiger partial charge in [0.2, 0.25) is 0 Å². The summed E-state index contributed by atoms with van der Waals surface area (Å²) >= 11 is 0. The Hall–Kier alpha value is -2.29. The van der Waals surface area contributed by atoms with E-state index in [0.29, 0.717) is 24.3 Å². The normalized spacial score (nSPS) is 11.9. The van der Waals surface area contributed by atoms with Gasteiger partial charge < -0.3 is 9.84 Å². The molecule has 0 amide bonds. The summed E-state index contributed by atoms with van der Waals surface area (Å²) in [6.07, 6.45) is 7.72. The Morgan fingerprint density at radius 3 is 2.33 bits per heavy atom. The van der Waals surface area contributed by atoms with Crippen LogP contribution in [0, 0.1) is 0 Å². The van der Waals surface area contributed by atoms with Gasteiger partial charge in [0, 0.05) is 18.1 Å². The zero-order valence-corrected chi connectivity index (χ0v) is 16.6. The van der Waals surface area contributed by atoms with Gasteiger partial charge in [-0.15, -0.1) is 0 Å². The van der Waals surface area contributed by atoms with Crippen molar-refractivity contribution < 1.29 is 14.6 Å². The van der Waals surface area contributed by atoms with Gasteiger partial charge in [-0.25, -0.2) is 0 Å². The van der Waals surface area contributed by atoms with Crippen molar-refractivity contribution in [2.24, 2.45) is 0 Å². The van der Waals surface area contributed by atoms with Crippen LogP contribution < -0.4 is 4.74 Å². The summed E-state index contributed by atoms with van der Waals surface area (Å²) in [6, 6.07) is 14.9. The van der Waals surface area contributed by atoms with E-state index in [0.717, 1.165) is 12.0 Å². The number of benzene rings is 2. The second-order valence-electron chi connectivity index (χ2n) is 7.00. The van der Waals surface area contributed by atoms with E-state index >= 15 is 0 Å². The summed E-state index contributed by atoms with van der Waals surface area (Å²) in [5.41, 5.74) is 1.54. The Morgan fingerprint density at radius 2 is 1.67 bits per heavy atom. The predicted octanol–water partition coefficient (Wildman–Crippen LogP) is 6.24. The number of unbranched alkanes of at least 4 members (excludes halogenated alkanes) is 5. The molecule has 1 atom stereocenters. The molecule has 0 saturated heterocycles. The highest BCUT2D eigenvalue weighted by atomic mass is 16.5. The van der Waals surface area contributed by atoms with Gasteiger partial charge in [-0.3, -0.25) is 4.79 Å². The number of phenols is 1. The summed E-state index contributed by atoms with van der Waals surface area (Å²) in [6.45, 7) is 4.73. The van der Waals surface area contributed by atoms with Crippen LogP contribution in [-0.2, 0) is 4.79 Å². The molecule has 0 saturated carbocycles. The molecular formula is C24H32O3. The average Bonchev–Trinajstić information content (AvgIpc) is 2.69. The maximum absolute atomic E-state index is 12.5. The summed E-state index contributed by atoms with van der Waals surface area (Å²) < 4.78 is 5.78. The lowest BCUT2D eigenvalue weighted by Crippen LogP contribution is -2.13. The van der Waals surface area contributed by atoms with E-state index < -0.39 is 5.92 Å². The summed E-state index contributed by atoms with van der Waals surface area (Å²) in [4.78, 5) is 12.5. The van der Waals surface area contributed by atoms with Crippen molar-refractivity contribution in [1.82, 2.24) is 0 Å². The van der Waals surface area contributed by atoms with Crippen molar-refractivity contribution in [3.8, 4) is 11.5 Å². The number of hydrogen-bond donors (Lipinski definition) is 1. The van der Waals surface area contributed by atoms with Crippen molar-refractivity contribution in [2.45, 2.75) is 64.7 Å². The molecule has 2 rings (SSSR count). The first-order valence-electron chi connectivity index (χ1n) is 10.2. The summed E-state index contributed by atoms with van der Waals surface area (Å²) in [7, 11) is 0. The molecule has 2 aromatic rings. The standard InChI is InChI=1S/C24H32O3/c1-3-5-6-7-8-12-17-27-20-15-16-21(23(26)18-20)24(22(25)4-2)19-13-10-9-11-14-19/h9-11,13-16,18,24,26H,3-8,12,17H2,1-2H3. The molecule has 27 heavy (non-hydrogen) atoms. The first kappa shape index (κ1) is 21.0. The minimum atomic E-state index is -0.441. The lowest BCUT2D eigenvalue weighted by molar-refractivity contribution is -0.119. The van der Waals surface area contributed by atoms with Gasteiger partial charge in [-0.2, -0.15) is 0 Å². The van der Waals surface area contributed by atoms with E-state index in [-0.39, 0.29) is 11.5 Å². The van der Waals surface area contributed by atoms with Gasteiger partial charge in [0.25, 0.3) is 0 Å². The van der Waals surface area contributed by atoms with E-state index in [9.17, 15) is 9.90 Å². The van der Waals surface area contributed by atoms with Gasteiger partial charge in [0.05, 0.1) is 12.5 Å². The molecule has 1 N–H and O–H groups in total. The zero-order valence-electron chi connectivity index (χ0n) is 16.6. The van der Waals surface area contributed by atoms with Crippen molar-refractivity contribution in [2.75, 3.05) is 6.61 Å². The van der Waals surface area contributed by atoms with Gasteiger partial charge in [0.15, 0.2) is 0 Å².